The highest BCUT2D eigenvalue weighted by atomic mass is 79.9. The number of anilines is 1. The molecule has 3 nitrogen and oxygen atoms in total. The van der Waals surface area contributed by atoms with E-state index < -0.39 is 0 Å². The zero-order valence-electron chi connectivity index (χ0n) is 12.1. The summed E-state index contributed by atoms with van der Waals surface area (Å²) in [5.74, 6) is 0.747. The Labute approximate surface area is 133 Å². The minimum Gasteiger partial charge on any atom is -0.478 e. The van der Waals surface area contributed by atoms with E-state index in [9.17, 15) is 0 Å². The fourth-order valence-corrected chi connectivity index (χ4v) is 2.37. The summed E-state index contributed by atoms with van der Waals surface area (Å²) in [4.78, 5) is 0. The summed E-state index contributed by atoms with van der Waals surface area (Å²) in [6.07, 6.45) is 0. The fraction of sp³-hybridized carbons (Fsp3) is 0.235. The Kier molecular flexibility index (Phi) is 5.24. The van der Waals surface area contributed by atoms with Gasteiger partial charge in [-0.05, 0) is 43.2 Å². The molecule has 4 heteroatoms. The van der Waals surface area contributed by atoms with Crippen LogP contribution in [0.1, 0.15) is 16.7 Å². The topological polar surface area (TPSA) is 45.0 Å². The first-order valence-electron chi connectivity index (χ1n) is 6.70. The van der Waals surface area contributed by atoms with Crippen molar-refractivity contribution in [2.45, 2.75) is 20.4 Å². The smallest absolute Gasteiger partial charge is 0.174 e. The van der Waals surface area contributed by atoms with Crippen LogP contribution in [0, 0.1) is 25.2 Å². The van der Waals surface area contributed by atoms with Crippen molar-refractivity contribution >= 4 is 21.6 Å². The van der Waals surface area contributed by atoms with Gasteiger partial charge in [0.15, 0.2) is 6.61 Å². The highest BCUT2D eigenvalue weighted by Gasteiger charge is 2.05. The van der Waals surface area contributed by atoms with E-state index in [4.69, 9.17) is 10.00 Å². The molecular weight excluding hydrogens is 328 g/mol. The molecule has 2 aromatic carbocycles. The highest BCUT2D eigenvalue weighted by Crippen LogP contribution is 2.26. The second-order valence-corrected chi connectivity index (χ2v) is 5.63. The Morgan fingerprint density at radius 1 is 1.19 bits per heavy atom. The average molecular weight is 345 g/mol. The molecule has 108 valence electrons. The van der Waals surface area contributed by atoms with E-state index in [0.29, 0.717) is 6.54 Å². The summed E-state index contributed by atoms with van der Waals surface area (Å²) in [6, 6.07) is 14.0. The van der Waals surface area contributed by atoms with Gasteiger partial charge in [-0.1, -0.05) is 34.1 Å². The summed E-state index contributed by atoms with van der Waals surface area (Å²) in [5.41, 5.74) is 4.51. The summed E-state index contributed by atoms with van der Waals surface area (Å²) in [5, 5.41) is 12.0. The third kappa shape index (κ3) is 3.99. The maximum absolute atomic E-state index is 8.62. The van der Waals surface area contributed by atoms with Crippen LogP contribution in [-0.2, 0) is 6.54 Å². The van der Waals surface area contributed by atoms with Crippen LogP contribution in [0.4, 0.5) is 5.69 Å². The van der Waals surface area contributed by atoms with Gasteiger partial charge in [0.1, 0.15) is 11.8 Å². The van der Waals surface area contributed by atoms with Gasteiger partial charge in [-0.3, -0.25) is 0 Å². The van der Waals surface area contributed by atoms with Crippen molar-refractivity contribution in [2.75, 3.05) is 11.9 Å². The molecule has 0 aliphatic carbocycles. The zero-order chi connectivity index (χ0) is 15.2. The monoisotopic (exact) mass is 344 g/mol. The molecule has 0 bridgehead atoms. The molecule has 0 saturated carbocycles. The van der Waals surface area contributed by atoms with Crippen LogP contribution < -0.4 is 10.1 Å². The Hall–Kier alpha value is -1.99. The molecule has 0 aliphatic rings. The molecule has 0 unspecified atom stereocenters. The second kappa shape index (κ2) is 7.14. The molecule has 1 N–H and O–H groups in total. The van der Waals surface area contributed by atoms with Gasteiger partial charge in [-0.2, -0.15) is 5.26 Å². The molecule has 2 aromatic rings. The molecular formula is C17H17BrN2O. The van der Waals surface area contributed by atoms with Gasteiger partial charge >= 0.3 is 0 Å². The van der Waals surface area contributed by atoms with Crippen LogP contribution in [0.15, 0.2) is 40.9 Å². The van der Waals surface area contributed by atoms with E-state index in [0.717, 1.165) is 21.5 Å². The van der Waals surface area contributed by atoms with Crippen LogP contribution in [0.3, 0.4) is 0 Å². The largest absolute Gasteiger partial charge is 0.478 e. The average Bonchev–Trinajstić information content (AvgIpc) is 2.49. The Morgan fingerprint density at radius 2 is 1.86 bits per heavy atom. The number of nitriles is 1. The lowest BCUT2D eigenvalue weighted by Gasteiger charge is -2.13. The van der Waals surface area contributed by atoms with Crippen molar-refractivity contribution in [1.82, 2.24) is 0 Å². The SMILES string of the molecule is Cc1cc(NCc2ccccc2OCC#N)cc(C)c1Br. The first-order chi connectivity index (χ1) is 10.1. The molecule has 0 aromatic heterocycles. The van der Waals surface area contributed by atoms with E-state index in [1.165, 1.54) is 11.1 Å². The van der Waals surface area contributed by atoms with Gasteiger partial charge in [0, 0.05) is 22.3 Å². The van der Waals surface area contributed by atoms with Crippen LogP contribution in [0.25, 0.3) is 0 Å². The number of hydrogen-bond acceptors (Lipinski definition) is 3. The van der Waals surface area contributed by atoms with E-state index in [-0.39, 0.29) is 6.61 Å². The number of ether oxygens (including phenoxy) is 1. The van der Waals surface area contributed by atoms with Crippen molar-refractivity contribution in [3.63, 3.8) is 0 Å². The molecule has 0 heterocycles. The van der Waals surface area contributed by atoms with Crippen molar-refractivity contribution in [3.05, 3.63) is 57.6 Å². The molecule has 0 radical (unpaired) electrons. The third-order valence-electron chi connectivity index (χ3n) is 3.18. The fourth-order valence-electron chi connectivity index (χ4n) is 2.15. The summed E-state index contributed by atoms with van der Waals surface area (Å²) in [7, 11) is 0. The zero-order valence-corrected chi connectivity index (χ0v) is 13.7. The number of nitrogens with one attached hydrogen (secondary N) is 1. The lowest BCUT2D eigenvalue weighted by Crippen LogP contribution is -2.04. The molecule has 0 amide bonds. The normalized spacial score (nSPS) is 10.0. The number of halogens is 1. The number of para-hydroxylation sites is 1. The van der Waals surface area contributed by atoms with Gasteiger partial charge in [0.2, 0.25) is 0 Å². The van der Waals surface area contributed by atoms with Crippen LogP contribution >= 0.6 is 15.9 Å². The minimum atomic E-state index is 0.0630. The second-order valence-electron chi connectivity index (χ2n) is 4.83. The highest BCUT2D eigenvalue weighted by molar-refractivity contribution is 9.10. The van der Waals surface area contributed by atoms with Gasteiger partial charge in [-0.25, -0.2) is 0 Å². The van der Waals surface area contributed by atoms with Crippen molar-refractivity contribution in [1.29, 1.82) is 5.26 Å². The summed E-state index contributed by atoms with van der Waals surface area (Å²) < 4.78 is 6.58. The first kappa shape index (κ1) is 15.4. The quantitative estimate of drug-likeness (QED) is 0.863. The molecule has 0 saturated heterocycles. The number of aryl methyl sites for hydroxylation is 2. The van der Waals surface area contributed by atoms with Crippen LogP contribution in [0.5, 0.6) is 5.75 Å². The van der Waals surface area contributed by atoms with E-state index in [2.05, 4.69) is 47.2 Å². The first-order valence-corrected chi connectivity index (χ1v) is 7.49. The van der Waals surface area contributed by atoms with Crippen molar-refractivity contribution < 1.29 is 4.74 Å². The van der Waals surface area contributed by atoms with Gasteiger partial charge in [-0.15, -0.1) is 0 Å². The molecule has 0 spiro atoms. The van der Waals surface area contributed by atoms with E-state index in [1.807, 2.05) is 30.3 Å². The van der Waals surface area contributed by atoms with E-state index in [1.54, 1.807) is 0 Å². The predicted octanol–water partition coefficient (Wildman–Crippen LogP) is 4.58. The Bertz CT molecular complexity index is 654. The molecule has 2 rings (SSSR count). The van der Waals surface area contributed by atoms with Gasteiger partial charge in [0.05, 0.1) is 0 Å². The van der Waals surface area contributed by atoms with Gasteiger partial charge in [0.25, 0.3) is 0 Å². The number of benzene rings is 2. The summed E-state index contributed by atoms with van der Waals surface area (Å²) in [6.45, 7) is 4.87. The maximum Gasteiger partial charge on any atom is 0.174 e. The lowest BCUT2D eigenvalue weighted by atomic mass is 10.1. The molecule has 21 heavy (non-hydrogen) atoms. The van der Waals surface area contributed by atoms with Gasteiger partial charge < -0.3 is 10.1 Å². The third-order valence-corrected chi connectivity index (χ3v) is 4.44. The Balaban J connectivity index is 2.12. The predicted molar refractivity (Wildman–Crippen MR) is 88.5 cm³/mol. The molecule has 0 atom stereocenters. The number of rotatable bonds is 5. The van der Waals surface area contributed by atoms with Crippen molar-refractivity contribution in [2.24, 2.45) is 0 Å². The van der Waals surface area contributed by atoms with Crippen LogP contribution in [-0.4, -0.2) is 6.61 Å². The Morgan fingerprint density at radius 3 is 2.52 bits per heavy atom. The standard InChI is InChI=1S/C17H17BrN2O/c1-12-9-15(10-13(2)17(12)18)20-11-14-5-3-4-6-16(14)21-8-7-19/h3-6,9-10,20H,8,11H2,1-2H3. The lowest BCUT2D eigenvalue weighted by molar-refractivity contribution is 0.364. The van der Waals surface area contributed by atoms with Crippen LogP contribution in [0.2, 0.25) is 0 Å². The minimum absolute atomic E-state index is 0.0630. The van der Waals surface area contributed by atoms with E-state index >= 15 is 0 Å². The molecule has 0 aliphatic heterocycles. The summed E-state index contributed by atoms with van der Waals surface area (Å²) >= 11 is 3.57. The molecule has 0 fully saturated rings. The van der Waals surface area contributed by atoms with Crippen molar-refractivity contribution in [3.8, 4) is 11.8 Å². The number of nitrogens with zero attached hydrogens (tertiary/aromatic N) is 1. The number of hydrogen-bond donors (Lipinski definition) is 1. The maximum atomic E-state index is 8.62.